The Morgan fingerprint density at radius 1 is 1.45 bits per heavy atom. The number of carbonyl (C=O) groups excluding carboxylic acids is 1. The molecule has 1 amide bonds. The van der Waals surface area contributed by atoms with Crippen LogP contribution in [0.5, 0.6) is 0 Å². The van der Waals surface area contributed by atoms with Gasteiger partial charge in [0.05, 0.1) is 11.4 Å². The monoisotopic (exact) mass is 316 g/mol. The van der Waals surface area contributed by atoms with Crippen molar-refractivity contribution < 1.29 is 4.79 Å². The van der Waals surface area contributed by atoms with Crippen LogP contribution in [0.1, 0.15) is 25.5 Å². The van der Waals surface area contributed by atoms with Gasteiger partial charge in [0.2, 0.25) is 5.91 Å². The molecular weight excluding hydrogens is 296 g/mol. The molecule has 3 rings (SSSR count). The van der Waals surface area contributed by atoms with Crippen LogP contribution >= 0.6 is 11.3 Å². The molecule has 1 atom stereocenters. The third-order valence-corrected chi connectivity index (χ3v) is 4.65. The highest BCUT2D eigenvalue weighted by atomic mass is 32.1. The molecule has 1 N–H and O–H groups in total. The molecule has 0 aliphatic carbocycles. The molecule has 1 aliphatic rings. The number of thiazole rings is 1. The number of amides is 1. The van der Waals surface area contributed by atoms with Gasteiger partial charge >= 0.3 is 0 Å². The summed E-state index contributed by atoms with van der Waals surface area (Å²) < 4.78 is 0. The third-order valence-electron chi connectivity index (χ3n) is 3.73. The molecule has 0 spiro atoms. The van der Waals surface area contributed by atoms with E-state index in [1.54, 1.807) is 17.5 Å². The van der Waals surface area contributed by atoms with Crippen molar-refractivity contribution >= 4 is 17.2 Å². The average molecular weight is 316 g/mol. The Hall–Kier alpha value is -1.79. The largest absolute Gasteiger partial charge is 0.341 e. The molecule has 22 heavy (non-hydrogen) atoms. The Balaban J connectivity index is 1.51. The van der Waals surface area contributed by atoms with Gasteiger partial charge in [-0.1, -0.05) is 6.07 Å². The van der Waals surface area contributed by atoms with Gasteiger partial charge in [0.1, 0.15) is 5.01 Å². The minimum absolute atomic E-state index is 0.266. The fraction of sp³-hybridized carbons (Fsp3) is 0.438. The van der Waals surface area contributed by atoms with E-state index in [1.807, 2.05) is 23.1 Å². The molecular formula is C16H20N4OS. The van der Waals surface area contributed by atoms with Crippen LogP contribution in [-0.2, 0) is 11.3 Å². The van der Waals surface area contributed by atoms with Crippen LogP contribution in [0, 0.1) is 0 Å². The van der Waals surface area contributed by atoms with Crippen LogP contribution in [0.25, 0.3) is 10.7 Å². The van der Waals surface area contributed by atoms with Gasteiger partial charge in [-0.3, -0.25) is 9.78 Å². The summed E-state index contributed by atoms with van der Waals surface area (Å²) in [5.74, 6) is 0.278. The summed E-state index contributed by atoms with van der Waals surface area (Å²) in [7, 11) is 0. The van der Waals surface area contributed by atoms with Gasteiger partial charge < -0.3 is 10.2 Å². The number of rotatable bonds is 6. The first-order valence-corrected chi connectivity index (χ1v) is 8.47. The van der Waals surface area contributed by atoms with Crippen molar-refractivity contribution in [2.45, 2.75) is 32.4 Å². The molecule has 1 unspecified atom stereocenters. The van der Waals surface area contributed by atoms with Gasteiger partial charge in [0.25, 0.3) is 0 Å². The molecule has 2 aromatic rings. The normalized spacial score (nSPS) is 16.2. The number of carbonyl (C=O) groups is 1. The number of pyridine rings is 1. The second-order valence-electron chi connectivity index (χ2n) is 5.58. The van der Waals surface area contributed by atoms with Gasteiger partial charge in [-0.25, -0.2) is 4.98 Å². The molecule has 2 aromatic heterocycles. The van der Waals surface area contributed by atoms with E-state index in [4.69, 9.17) is 0 Å². The molecule has 116 valence electrons. The molecule has 0 bridgehead atoms. The summed E-state index contributed by atoms with van der Waals surface area (Å²) in [6.07, 6.45) is 3.47. The van der Waals surface area contributed by atoms with E-state index in [9.17, 15) is 4.79 Å². The molecule has 0 aromatic carbocycles. The number of aromatic nitrogens is 2. The van der Waals surface area contributed by atoms with E-state index in [2.05, 4.69) is 27.6 Å². The Bertz CT molecular complexity index is 628. The molecule has 1 fully saturated rings. The molecule has 0 saturated carbocycles. The second kappa shape index (κ2) is 6.98. The van der Waals surface area contributed by atoms with Crippen molar-refractivity contribution in [1.29, 1.82) is 0 Å². The zero-order valence-corrected chi connectivity index (χ0v) is 13.5. The highest BCUT2D eigenvalue weighted by Crippen LogP contribution is 2.21. The first-order valence-electron chi connectivity index (χ1n) is 7.59. The summed E-state index contributed by atoms with van der Waals surface area (Å²) in [4.78, 5) is 22.5. The lowest BCUT2D eigenvalue weighted by molar-refractivity contribution is -0.127. The molecule has 6 heteroatoms. The summed E-state index contributed by atoms with van der Waals surface area (Å²) in [6, 6.07) is 6.11. The Morgan fingerprint density at radius 3 is 3.09 bits per heavy atom. The maximum Gasteiger partial charge on any atom is 0.222 e. The number of hydrogen-bond acceptors (Lipinski definition) is 5. The van der Waals surface area contributed by atoms with Crippen LogP contribution in [0.3, 0.4) is 0 Å². The summed E-state index contributed by atoms with van der Waals surface area (Å²) in [5, 5.41) is 6.45. The fourth-order valence-corrected chi connectivity index (χ4v) is 3.36. The number of hydrogen-bond donors (Lipinski definition) is 1. The predicted molar refractivity (Wildman–Crippen MR) is 87.5 cm³/mol. The maximum absolute atomic E-state index is 11.6. The highest BCUT2D eigenvalue weighted by molar-refractivity contribution is 7.13. The minimum Gasteiger partial charge on any atom is -0.341 e. The summed E-state index contributed by atoms with van der Waals surface area (Å²) in [6.45, 7) is 4.49. The zero-order valence-electron chi connectivity index (χ0n) is 12.7. The van der Waals surface area contributed by atoms with Crippen LogP contribution in [0.15, 0.2) is 29.8 Å². The van der Waals surface area contributed by atoms with E-state index in [1.165, 1.54) is 0 Å². The van der Waals surface area contributed by atoms with Crippen molar-refractivity contribution in [3.8, 4) is 10.7 Å². The fourth-order valence-electron chi connectivity index (χ4n) is 2.57. The molecule has 5 nitrogen and oxygen atoms in total. The number of likely N-dealkylation sites (tertiary alicyclic amines) is 1. The average Bonchev–Trinajstić information content (AvgIpc) is 3.16. The van der Waals surface area contributed by atoms with Gasteiger partial charge in [-0.2, -0.15) is 0 Å². The Morgan fingerprint density at radius 2 is 2.36 bits per heavy atom. The second-order valence-corrected chi connectivity index (χ2v) is 6.44. The van der Waals surface area contributed by atoms with Crippen molar-refractivity contribution in [1.82, 2.24) is 20.2 Å². The molecule has 1 saturated heterocycles. The first kappa shape index (κ1) is 15.1. The quantitative estimate of drug-likeness (QED) is 0.888. The van der Waals surface area contributed by atoms with E-state index in [0.717, 1.165) is 35.9 Å². The predicted octanol–water partition coefficient (Wildman–Crippen LogP) is 2.31. The summed E-state index contributed by atoms with van der Waals surface area (Å²) >= 11 is 1.61. The highest BCUT2D eigenvalue weighted by Gasteiger charge is 2.21. The molecule has 1 aliphatic heterocycles. The van der Waals surface area contributed by atoms with Crippen molar-refractivity contribution in [3.05, 3.63) is 35.5 Å². The standard InChI is InChI=1S/C16H20N4OS/c1-12(10-20-8-4-6-15(20)21)18-9-13-11-22-16(19-13)14-5-2-3-7-17-14/h2-3,5,7,11-12,18H,4,6,8-10H2,1H3. The van der Waals surface area contributed by atoms with Crippen molar-refractivity contribution in [3.63, 3.8) is 0 Å². The first-order chi connectivity index (χ1) is 10.7. The van der Waals surface area contributed by atoms with Gasteiger partial charge in [0.15, 0.2) is 0 Å². The molecule has 0 radical (unpaired) electrons. The Labute approximate surface area is 134 Å². The smallest absolute Gasteiger partial charge is 0.222 e. The number of nitrogens with one attached hydrogen (secondary N) is 1. The van der Waals surface area contributed by atoms with Crippen LogP contribution < -0.4 is 5.32 Å². The van der Waals surface area contributed by atoms with E-state index in [0.29, 0.717) is 13.0 Å². The van der Waals surface area contributed by atoms with Crippen molar-refractivity contribution in [2.24, 2.45) is 0 Å². The Kier molecular flexibility index (Phi) is 4.80. The lowest BCUT2D eigenvalue weighted by atomic mass is 10.3. The van der Waals surface area contributed by atoms with E-state index < -0.39 is 0 Å². The minimum atomic E-state index is 0.266. The van der Waals surface area contributed by atoms with Crippen LogP contribution in [0.4, 0.5) is 0 Å². The van der Waals surface area contributed by atoms with E-state index >= 15 is 0 Å². The zero-order chi connectivity index (χ0) is 15.4. The van der Waals surface area contributed by atoms with Gasteiger partial charge in [0, 0.05) is 43.7 Å². The van der Waals surface area contributed by atoms with Gasteiger partial charge in [-0.15, -0.1) is 11.3 Å². The molecule has 3 heterocycles. The third kappa shape index (κ3) is 3.69. The van der Waals surface area contributed by atoms with Crippen LogP contribution in [-0.4, -0.2) is 39.9 Å². The van der Waals surface area contributed by atoms with Crippen LogP contribution in [0.2, 0.25) is 0 Å². The topological polar surface area (TPSA) is 58.1 Å². The lowest BCUT2D eigenvalue weighted by Crippen LogP contribution is -2.39. The van der Waals surface area contributed by atoms with Crippen molar-refractivity contribution in [2.75, 3.05) is 13.1 Å². The number of nitrogens with zero attached hydrogens (tertiary/aromatic N) is 3. The SMILES string of the molecule is CC(CN1CCCC1=O)NCc1csc(-c2ccccn2)n1. The van der Waals surface area contributed by atoms with E-state index in [-0.39, 0.29) is 11.9 Å². The summed E-state index contributed by atoms with van der Waals surface area (Å²) in [5.41, 5.74) is 1.93. The lowest BCUT2D eigenvalue weighted by Gasteiger charge is -2.21. The van der Waals surface area contributed by atoms with Gasteiger partial charge in [-0.05, 0) is 25.5 Å². The maximum atomic E-state index is 11.6.